The van der Waals surface area contributed by atoms with Gasteiger partial charge in [-0.2, -0.15) is 0 Å². The van der Waals surface area contributed by atoms with E-state index in [0.717, 1.165) is 10.9 Å². The molecule has 0 spiro atoms. The van der Waals surface area contributed by atoms with E-state index < -0.39 is 0 Å². The first-order chi connectivity index (χ1) is 6.29. The molecule has 0 atom stereocenters. The van der Waals surface area contributed by atoms with E-state index in [1.54, 1.807) is 0 Å². The normalized spacial score (nSPS) is 16.5. The summed E-state index contributed by atoms with van der Waals surface area (Å²) in [5, 5.41) is 3.31. The fourth-order valence-corrected chi connectivity index (χ4v) is 2.65. The Hall–Kier alpha value is -0.390. The van der Waals surface area contributed by atoms with E-state index in [4.69, 9.17) is 4.84 Å². The maximum atomic E-state index is 11.7. The van der Waals surface area contributed by atoms with Crippen LogP contribution in [0.1, 0.15) is 16.1 Å². The SMILES string of the molecule is O=C(c1sccc1Br)N1CCCO1. The predicted octanol–water partition coefficient (Wildman–Crippen LogP) is 2.29. The molecule has 1 aliphatic rings. The third-order valence-corrected chi connectivity index (χ3v) is 3.62. The highest BCUT2D eigenvalue weighted by Crippen LogP contribution is 2.25. The predicted molar refractivity (Wildman–Crippen MR) is 53.6 cm³/mol. The molecule has 0 aliphatic carbocycles. The zero-order valence-corrected chi connectivity index (χ0v) is 9.23. The van der Waals surface area contributed by atoms with Crippen molar-refractivity contribution in [3.05, 3.63) is 20.8 Å². The average Bonchev–Trinajstić information content (AvgIpc) is 2.72. The Labute approximate surface area is 88.4 Å². The van der Waals surface area contributed by atoms with Crippen molar-refractivity contribution < 1.29 is 9.63 Å². The van der Waals surface area contributed by atoms with Gasteiger partial charge in [-0.15, -0.1) is 11.3 Å². The van der Waals surface area contributed by atoms with Gasteiger partial charge in [-0.3, -0.25) is 9.63 Å². The molecule has 1 aromatic rings. The van der Waals surface area contributed by atoms with Crippen molar-refractivity contribution in [2.24, 2.45) is 0 Å². The second kappa shape index (κ2) is 3.77. The highest BCUT2D eigenvalue weighted by molar-refractivity contribution is 9.10. The van der Waals surface area contributed by atoms with Crippen LogP contribution in [0.15, 0.2) is 15.9 Å². The van der Waals surface area contributed by atoms with Gasteiger partial charge in [-0.25, -0.2) is 5.06 Å². The topological polar surface area (TPSA) is 29.5 Å². The summed E-state index contributed by atoms with van der Waals surface area (Å²) >= 11 is 4.75. The highest BCUT2D eigenvalue weighted by atomic mass is 79.9. The van der Waals surface area contributed by atoms with E-state index in [0.29, 0.717) is 18.0 Å². The summed E-state index contributed by atoms with van der Waals surface area (Å²) < 4.78 is 0.845. The highest BCUT2D eigenvalue weighted by Gasteiger charge is 2.23. The Kier molecular flexibility index (Phi) is 2.66. The largest absolute Gasteiger partial charge is 0.288 e. The van der Waals surface area contributed by atoms with Gasteiger partial charge in [0.2, 0.25) is 0 Å². The van der Waals surface area contributed by atoms with E-state index in [2.05, 4.69) is 15.9 Å². The second-order valence-electron chi connectivity index (χ2n) is 2.69. The molecule has 5 heteroatoms. The van der Waals surface area contributed by atoms with Crippen LogP contribution in [0.2, 0.25) is 0 Å². The molecule has 0 bridgehead atoms. The lowest BCUT2D eigenvalue weighted by molar-refractivity contribution is -0.0765. The minimum absolute atomic E-state index is 0.0422. The molecule has 0 saturated carbocycles. The third-order valence-electron chi connectivity index (χ3n) is 1.79. The Morgan fingerprint density at radius 1 is 1.69 bits per heavy atom. The van der Waals surface area contributed by atoms with Crippen molar-refractivity contribution in [3.63, 3.8) is 0 Å². The first kappa shape index (κ1) is 9.18. The van der Waals surface area contributed by atoms with Crippen molar-refractivity contribution in [3.8, 4) is 0 Å². The van der Waals surface area contributed by atoms with Crippen LogP contribution in [0.25, 0.3) is 0 Å². The molecule has 1 aromatic heterocycles. The number of hydroxylamine groups is 2. The molecule has 0 radical (unpaired) electrons. The Bertz CT molecular complexity index is 320. The number of hydrogen-bond donors (Lipinski definition) is 0. The molecular weight excluding hydrogens is 254 g/mol. The van der Waals surface area contributed by atoms with E-state index >= 15 is 0 Å². The molecule has 2 rings (SSSR count). The van der Waals surface area contributed by atoms with Gasteiger partial charge in [-0.05, 0) is 33.8 Å². The van der Waals surface area contributed by atoms with Gasteiger partial charge >= 0.3 is 0 Å². The Morgan fingerprint density at radius 2 is 2.54 bits per heavy atom. The molecule has 1 saturated heterocycles. The summed E-state index contributed by atoms with van der Waals surface area (Å²) in [5.41, 5.74) is 0. The standard InChI is InChI=1S/C8H8BrNO2S/c9-6-2-5-13-7(6)8(11)10-3-1-4-12-10/h2,5H,1,3-4H2. The van der Waals surface area contributed by atoms with Crippen LogP contribution in [-0.2, 0) is 4.84 Å². The zero-order chi connectivity index (χ0) is 9.26. The van der Waals surface area contributed by atoms with Gasteiger partial charge in [-0.1, -0.05) is 0 Å². The lowest BCUT2D eigenvalue weighted by Crippen LogP contribution is -2.25. The lowest BCUT2D eigenvalue weighted by Gasteiger charge is -2.12. The van der Waals surface area contributed by atoms with E-state index in [1.807, 2.05) is 11.4 Å². The maximum Gasteiger partial charge on any atom is 0.288 e. The van der Waals surface area contributed by atoms with Crippen molar-refractivity contribution in [2.75, 3.05) is 13.2 Å². The summed E-state index contributed by atoms with van der Waals surface area (Å²) in [4.78, 5) is 17.6. The molecule has 3 nitrogen and oxygen atoms in total. The summed E-state index contributed by atoms with van der Waals surface area (Å²) in [6.07, 6.45) is 0.925. The second-order valence-corrected chi connectivity index (χ2v) is 4.46. The zero-order valence-electron chi connectivity index (χ0n) is 6.83. The number of carbonyl (C=O) groups is 1. The Morgan fingerprint density at radius 3 is 3.08 bits per heavy atom. The van der Waals surface area contributed by atoms with Crippen molar-refractivity contribution in [1.29, 1.82) is 0 Å². The molecule has 0 unspecified atom stereocenters. The smallest absolute Gasteiger partial charge is 0.271 e. The van der Waals surface area contributed by atoms with Gasteiger partial charge in [0, 0.05) is 4.47 Å². The number of amides is 1. The quantitative estimate of drug-likeness (QED) is 0.777. The Balaban J connectivity index is 2.17. The molecule has 1 aliphatic heterocycles. The summed E-state index contributed by atoms with van der Waals surface area (Å²) in [5.74, 6) is -0.0422. The maximum absolute atomic E-state index is 11.7. The third kappa shape index (κ3) is 1.77. The minimum Gasteiger partial charge on any atom is -0.271 e. The van der Waals surface area contributed by atoms with Crippen molar-refractivity contribution >= 4 is 33.2 Å². The molecular formula is C8H8BrNO2S. The monoisotopic (exact) mass is 261 g/mol. The number of halogens is 1. The molecule has 2 heterocycles. The summed E-state index contributed by atoms with van der Waals surface area (Å²) in [6.45, 7) is 1.35. The first-order valence-corrected chi connectivity index (χ1v) is 5.64. The fourth-order valence-electron chi connectivity index (χ4n) is 1.17. The van der Waals surface area contributed by atoms with Crippen LogP contribution in [0.3, 0.4) is 0 Å². The number of hydrogen-bond acceptors (Lipinski definition) is 3. The number of thiophene rings is 1. The van der Waals surface area contributed by atoms with Crippen LogP contribution in [-0.4, -0.2) is 24.1 Å². The lowest BCUT2D eigenvalue weighted by atomic mass is 10.4. The van der Waals surface area contributed by atoms with Crippen LogP contribution < -0.4 is 0 Å². The van der Waals surface area contributed by atoms with E-state index in [1.165, 1.54) is 16.4 Å². The molecule has 1 fully saturated rings. The minimum atomic E-state index is -0.0422. The summed E-state index contributed by atoms with van der Waals surface area (Å²) in [7, 11) is 0. The van der Waals surface area contributed by atoms with Crippen LogP contribution in [0, 0.1) is 0 Å². The van der Waals surface area contributed by atoms with Gasteiger partial charge < -0.3 is 0 Å². The molecule has 0 aromatic carbocycles. The van der Waals surface area contributed by atoms with Crippen LogP contribution >= 0.6 is 27.3 Å². The van der Waals surface area contributed by atoms with Crippen LogP contribution in [0.5, 0.6) is 0 Å². The van der Waals surface area contributed by atoms with Gasteiger partial charge in [0.1, 0.15) is 4.88 Å². The number of rotatable bonds is 1. The fraction of sp³-hybridized carbons (Fsp3) is 0.375. The van der Waals surface area contributed by atoms with Crippen molar-refractivity contribution in [1.82, 2.24) is 5.06 Å². The van der Waals surface area contributed by atoms with E-state index in [9.17, 15) is 4.79 Å². The number of nitrogens with zero attached hydrogens (tertiary/aromatic N) is 1. The molecule has 1 amide bonds. The van der Waals surface area contributed by atoms with Gasteiger partial charge in [0.25, 0.3) is 5.91 Å². The van der Waals surface area contributed by atoms with Crippen LogP contribution in [0.4, 0.5) is 0 Å². The number of carbonyl (C=O) groups excluding carboxylic acids is 1. The molecule has 70 valence electrons. The van der Waals surface area contributed by atoms with Gasteiger partial charge in [0.05, 0.1) is 13.2 Å². The summed E-state index contributed by atoms with van der Waals surface area (Å²) in [6, 6.07) is 1.87. The van der Waals surface area contributed by atoms with E-state index in [-0.39, 0.29) is 5.91 Å². The van der Waals surface area contributed by atoms with Crippen molar-refractivity contribution in [2.45, 2.75) is 6.42 Å². The van der Waals surface area contributed by atoms with Gasteiger partial charge in [0.15, 0.2) is 0 Å². The molecule has 0 N–H and O–H groups in total. The average molecular weight is 262 g/mol. The molecule has 13 heavy (non-hydrogen) atoms. The first-order valence-electron chi connectivity index (χ1n) is 3.97.